The van der Waals surface area contributed by atoms with Crippen molar-refractivity contribution in [1.82, 2.24) is 24.3 Å². The molecule has 2 fully saturated rings. The van der Waals surface area contributed by atoms with Crippen LogP contribution in [0, 0.1) is 6.92 Å². The molecule has 1 unspecified atom stereocenters. The van der Waals surface area contributed by atoms with Gasteiger partial charge < -0.3 is 9.64 Å². The molecule has 0 bridgehead atoms. The van der Waals surface area contributed by atoms with Gasteiger partial charge in [-0.3, -0.25) is 29.0 Å². The molecule has 0 aromatic carbocycles. The number of hydrogen-bond acceptors (Lipinski definition) is 6. The van der Waals surface area contributed by atoms with E-state index in [0.29, 0.717) is 25.3 Å². The van der Waals surface area contributed by atoms with Gasteiger partial charge in [0.2, 0.25) is 5.91 Å². The molecule has 2 aliphatic heterocycles. The van der Waals surface area contributed by atoms with E-state index in [0.717, 1.165) is 31.6 Å². The van der Waals surface area contributed by atoms with Gasteiger partial charge in [0.05, 0.1) is 13.2 Å². The van der Waals surface area contributed by atoms with Crippen molar-refractivity contribution in [3.05, 3.63) is 62.7 Å². The average Bonchev–Trinajstić information content (AvgIpc) is 3.10. The number of amides is 1. The molecule has 0 radical (unpaired) electrons. The molecule has 1 atom stereocenters. The minimum absolute atomic E-state index is 0.0913. The van der Waals surface area contributed by atoms with Gasteiger partial charge in [0.25, 0.3) is 5.56 Å². The first kappa shape index (κ1) is 19.5. The van der Waals surface area contributed by atoms with Crippen molar-refractivity contribution in [2.75, 3.05) is 32.8 Å². The van der Waals surface area contributed by atoms with Crippen LogP contribution >= 0.6 is 0 Å². The largest absolute Gasteiger partial charge is 0.370 e. The second-order valence-electron chi connectivity index (χ2n) is 7.87. The molecule has 2 saturated heterocycles. The lowest BCUT2D eigenvalue weighted by Crippen LogP contribution is -2.53. The monoisotopic (exact) mass is 399 g/mol. The van der Waals surface area contributed by atoms with Crippen LogP contribution in [0.1, 0.15) is 17.5 Å². The Morgan fingerprint density at radius 2 is 2.17 bits per heavy atom. The number of carbonyl (C=O) groups excluding carboxylic acids is 1. The number of morpholine rings is 1. The summed E-state index contributed by atoms with van der Waals surface area (Å²) < 4.78 is 7.37. The molecule has 2 aromatic rings. The van der Waals surface area contributed by atoms with Crippen LogP contribution in [0.4, 0.5) is 0 Å². The molecule has 4 rings (SSSR count). The lowest BCUT2D eigenvalue weighted by atomic mass is 10.0. The highest BCUT2D eigenvalue weighted by Crippen LogP contribution is 2.30. The molecule has 29 heavy (non-hydrogen) atoms. The van der Waals surface area contributed by atoms with Crippen molar-refractivity contribution in [1.29, 1.82) is 0 Å². The first-order valence-electron chi connectivity index (χ1n) is 9.77. The second kappa shape index (κ2) is 7.92. The molecule has 9 heteroatoms. The predicted molar refractivity (Wildman–Crippen MR) is 105 cm³/mol. The number of nitrogens with one attached hydrogen (secondary N) is 1. The molecule has 154 valence electrons. The summed E-state index contributed by atoms with van der Waals surface area (Å²) >= 11 is 0. The Balaban J connectivity index is 1.40. The number of hydrogen-bond donors (Lipinski definition) is 1. The van der Waals surface area contributed by atoms with Gasteiger partial charge >= 0.3 is 5.69 Å². The molecular formula is C20H25N5O4. The van der Waals surface area contributed by atoms with E-state index in [2.05, 4.69) is 20.9 Å². The van der Waals surface area contributed by atoms with Crippen molar-refractivity contribution in [2.24, 2.45) is 0 Å². The maximum Gasteiger partial charge on any atom is 0.328 e. The third kappa shape index (κ3) is 4.30. The third-order valence-corrected chi connectivity index (χ3v) is 5.62. The summed E-state index contributed by atoms with van der Waals surface area (Å²) in [5.41, 5.74) is 0.185. The SMILES string of the molecule is Cc1cn(CC(=O)N2CCC3(CN(Cc4cccnc4)CCO3)C2)c(=O)[nH]c1=O. The molecule has 1 amide bonds. The van der Waals surface area contributed by atoms with Crippen molar-refractivity contribution in [2.45, 2.75) is 32.0 Å². The standard InChI is InChI=1S/C20H25N5O4/c1-15-10-25(19(28)22-18(15)27)12-17(26)24-6-4-20(14-24)13-23(7-8-29-20)11-16-3-2-5-21-9-16/h2-3,5,9-10H,4,6-8,11-14H2,1H3,(H,22,27,28). The first-order valence-corrected chi connectivity index (χ1v) is 9.77. The fourth-order valence-corrected chi connectivity index (χ4v) is 4.09. The molecule has 9 nitrogen and oxygen atoms in total. The Hall–Kier alpha value is -2.78. The quantitative estimate of drug-likeness (QED) is 0.761. The zero-order chi connectivity index (χ0) is 20.4. The van der Waals surface area contributed by atoms with E-state index in [1.807, 2.05) is 12.3 Å². The van der Waals surface area contributed by atoms with Gasteiger partial charge in [0.15, 0.2) is 0 Å². The van der Waals surface area contributed by atoms with E-state index in [9.17, 15) is 14.4 Å². The number of pyridine rings is 1. The number of carbonyl (C=O) groups is 1. The zero-order valence-electron chi connectivity index (χ0n) is 16.5. The van der Waals surface area contributed by atoms with Crippen molar-refractivity contribution >= 4 is 5.91 Å². The maximum atomic E-state index is 12.8. The van der Waals surface area contributed by atoms with E-state index < -0.39 is 11.2 Å². The van der Waals surface area contributed by atoms with Crippen LogP contribution in [0.2, 0.25) is 0 Å². The fourth-order valence-electron chi connectivity index (χ4n) is 4.09. The molecule has 2 aliphatic rings. The van der Waals surface area contributed by atoms with E-state index in [4.69, 9.17) is 4.74 Å². The number of rotatable bonds is 4. The fraction of sp³-hybridized carbons (Fsp3) is 0.500. The van der Waals surface area contributed by atoms with Crippen molar-refractivity contribution in [3.63, 3.8) is 0 Å². The van der Waals surface area contributed by atoms with E-state index >= 15 is 0 Å². The van der Waals surface area contributed by atoms with Crippen LogP contribution in [0.5, 0.6) is 0 Å². The Kier molecular flexibility index (Phi) is 5.33. The molecule has 4 heterocycles. The van der Waals surface area contributed by atoms with Crippen LogP contribution in [-0.2, 0) is 22.6 Å². The highest BCUT2D eigenvalue weighted by Gasteiger charge is 2.44. The Morgan fingerprint density at radius 3 is 2.97 bits per heavy atom. The third-order valence-electron chi connectivity index (χ3n) is 5.62. The normalized spacial score (nSPS) is 22.3. The predicted octanol–water partition coefficient (Wildman–Crippen LogP) is -0.256. The number of aromatic amines is 1. The highest BCUT2D eigenvalue weighted by molar-refractivity contribution is 5.76. The summed E-state index contributed by atoms with van der Waals surface area (Å²) in [5, 5.41) is 0. The topological polar surface area (TPSA) is 101 Å². The van der Waals surface area contributed by atoms with Crippen LogP contribution in [0.3, 0.4) is 0 Å². The number of aryl methyl sites for hydroxylation is 1. The second-order valence-corrected chi connectivity index (χ2v) is 7.87. The van der Waals surface area contributed by atoms with Gasteiger partial charge in [-0.1, -0.05) is 6.07 Å². The molecule has 1 spiro atoms. The maximum absolute atomic E-state index is 12.8. The van der Waals surface area contributed by atoms with Gasteiger partial charge in [0.1, 0.15) is 12.1 Å². The number of nitrogens with zero attached hydrogens (tertiary/aromatic N) is 4. The van der Waals surface area contributed by atoms with E-state index in [-0.39, 0.29) is 18.1 Å². The zero-order valence-corrected chi connectivity index (χ0v) is 16.5. The molecule has 0 saturated carbocycles. The average molecular weight is 399 g/mol. The van der Waals surface area contributed by atoms with Gasteiger partial charge in [-0.15, -0.1) is 0 Å². The summed E-state index contributed by atoms with van der Waals surface area (Å²) in [6.45, 7) is 5.64. The first-order chi connectivity index (χ1) is 13.9. The Morgan fingerprint density at radius 1 is 1.31 bits per heavy atom. The van der Waals surface area contributed by atoms with Crippen molar-refractivity contribution in [3.8, 4) is 0 Å². The summed E-state index contributed by atoms with van der Waals surface area (Å²) in [7, 11) is 0. The van der Waals surface area contributed by atoms with Gasteiger partial charge in [-0.2, -0.15) is 0 Å². The van der Waals surface area contributed by atoms with Crippen LogP contribution in [-0.4, -0.2) is 68.6 Å². The minimum atomic E-state index is -0.570. The highest BCUT2D eigenvalue weighted by atomic mass is 16.5. The lowest BCUT2D eigenvalue weighted by molar-refractivity contribution is -0.135. The lowest BCUT2D eigenvalue weighted by Gasteiger charge is -2.40. The molecular weight excluding hydrogens is 374 g/mol. The Labute approximate surface area is 167 Å². The van der Waals surface area contributed by atoms with E-state index in [1.54, 1.807) is 18.0 Å². The van der Waals surface area contributed by atoms with Crippen LogP contribution in [0.15, 0.2) is 40.3 Å². The summed E-state index contributed by atoms with van der Waals surface area (Å²) in [6, 6.07) is 3.99. The Bertz CT molecular complexity index is 1000. The smallest absolute Gasteiger partial charge is 0.328 e. The van der Waals surface area contributed by atoms with Gasteiger partial charge in [-0.05, 0) is 25.0 Å². The van der Waals surface area contributed by atoms with Crippen LogP contribution in [0.25, 0.3) is 0 Å². The number of aromatic nitrogens is 3. The summed E-state index contributed by atoms with van der Waals surface area (Å²) in [5.74, 6) is -0.150. The number of ether oxygens (including phenoxy) is 1. The number of H-pyrrole nitrogens is 1. The van der Waals surface area contributed by atoms with Crippen molar-refractivity contribution < 1.29 is 9.53 Å². The summed E-state index contributed by atoms with van der Waals surface area (Å²) in [4.78, 5) is 46.7. The number of likely N-dealkylation sites (tertiary alicyclic amines) is 1. The van der Waals surface area contributed by atoms with Gasteiger partial charge in [-0.25, -0.2) is 4.79 Å². The summed E-state index contributed by atoms with van der Waals surface area (Å²) in [6.07, 6.45) is 5.83. The minimum Gasteiger partial charge on any atom is -0.370 e. The van der Waals surface area contributed by atoms with Crippen LogP contribution < -0.4 is 11.2 Å². The molecule has 0 aliphatic carbocycles. The van der Waals surface area contributed by atoms with E-state index in [1.165, 1.54) is 10.8 Å². The molecule has 2 aromatic heterocycles. The molecule has 1 N–H and O–H groups in total. The van der Waals surface area contributed by atoms with Gasteiger partial charge in [0, 0.05) is 50.3 Å².